The number of carbonyl (C=O) groups excluding carboxylic acids is 1. The lowest BCUT2D eigenvalue weighted by Crippen LogP contribution is -2.74. The van der Waals surface area contributed by atoms with Crippen LogP contribution in [0.15, 0.2) is 56.9 Å². The van der Waals surface area contributed by atoms with Gasteiger partial charge < -0.3 is 101 Å². The number of aliphatic carboxylic acids is 1. The molecule has 2 aromatic carbocycles. The number of aliphatic hydroxyl groups is 9. The van der Waals surface area contributed by atoms with Crippen LogP contribution < -0.4 is 21.2 Å². The van der Waals surface area contributed by atoms with Crippen LogP contribution in [-0.2, 0) is 30.2 Å². The molecule has 7 rings (SSSR count). The highest BCUT2D eigenvalue weighted by molar-refractivity contribution is 5.89. The Balaban J connectivity index is 1.35. The summed E-state index contributed by atoms with van der Waals surface area (Å²) in [6, 6.07) is 4.61. The maximum Gasteiger partial charge on any atom is 0.340 e. The summed E-state index contributed by atoms with van der Waals surface area (Å²) in [5.74, 6) is -16.3. The molecule has 4 aliphatic heterocycles. The normalized spacial score (nSPS) is 32.1. The fraction of sp³-hybridized carbons (Fsp3) is 0.500. The number of fused-ring (bicyclic) bond motifs is 2. The maximum absolute atomic E-state index is 14.2. The van der Waals surface area contributed by atoms with Crippen LogP contribution >= 0.6 is 0 Å². The highest BCUT2D eigenvalue weighted by Crippen LogP contribution is 2.52. The standard InChI is InChI=1S/C42H50N2O21/c1-2-16-10-19(15-44-37(16)43)20-4-7-41(62-25-14-24-27(29(50)26(20)25)21(47)13-23(61-24)18-11-17(5-9-46)28(49)22(48)12-18)33(53)31(52)30(51)32(63-41)39(58)65-40(6-3-8-45)34(54)35(55)42(59,60)36(64-40)38(56)57/h10-15,20,30-37,44-46,48-55,59-60H,2-9,43H2,1H3,(H,56,57). The molecule has 11 atom stereocenters. The Morgan fingerprint density at radius 1 is 0.938 bits per heavy atom. The van der Waals surface area contributed by atoms with Crippen molar-refractivity contribution in [2.24, 2.45) is 5.73 Å². The van der Waals surface area contributed by atoms with Crippen LogP contribution in [0.2, 0.25) is 0 Å². The zero-order valence-corrected chi connectivity index (χ0v) is 34.5. The number of rotatable bonds is 11. The molecule has 2 fully saturated rings. The molecule has 16 N–H and O–H groups in total. The van der Waals surface area contributed by atoms with Gasteiger partial charge in [0.15, 0.2) is 29.1 Å². The number of carboxylic acids is 1. The van der Waals surface area contributed by atoms with Crippen molar-refractivity contribution in [3.8, 4) is 34.3 Å². The molecule has 23 nitrogen and oxygen atoms in total. The zero-order valence-electron chi connectivity index (χ0n) is 34.5. The van der Waals surface area contributed by atoms with Gasteiger partial charge in [0, 0.05) is 67.0 Å². The molecule has 0 amide bonds. The summed E-state index contributed by atoms with van der Waals surface area (Å²) in [6.45, 7) is 0.752. The van der Waals surface area contributed by atoms with Crippen molar-refractivity contribution in [3.63, 3.8) is 0 Å². The van der Waals surface area contributed by atoms with Gasteiger partial charge in [-0.1, -0.05) is 13.0 Å². The summed E-state index contributed by atoms with van der Waals surface area (Å²) in [7, 11) is 0. The first-order chi connectivity index (χ1) is 30.6. The van der Waals surface area contributed by atoms with Crippen molar-refractivity contribution < 1.29 is 99.3 Å². The third kappa shape index (κ3) is 8.17. The van der Waals surface area contributed by atoms with Gasteiger partial charge in [-0.25, -0.2) is 9.59 Å². The van der Waals surface area contributed by atoms with Crippen LogP contribution in [0.4, 0.5) is 0 Å². The van der Waals surface area contributed by atoms with Crippen molar-refractivity contribution in [2.75, 3.05) is 13.2 Å². The lowest BCUT2D eigenvalue weighted by Gasteiger charge is -2.51. The molecule has 1 aromatic heterocycles. The van der Waals surface area contributed by atoms with E-state index in [9.17, 15) is 80.8 Å². The van der Waals surface area contributed by atoms with Crippen LogP contribution in [0.1, 0.15) is 56.1 Å². The number of carbonyl (C=O) groups is 2. The first-order valence-electron chi connectivity index (χ1n) is 20.5. The van der Waals surface area contributed by atoms with Crippen LogP contribution in [0.3, 0.4) is 0 Å². The van der Waals surface area contributed by atoms with E-state index in [1.54, 1.807) is 12.3 Å². The lowest BCUT2D eigenvalue weighted by molar-refractivity contribution is -0.412. The predicted molar refractivity (Wildman–Crippen MR) is 216 cm³/mol. The van der Waals surface area contributed by atoms with Crippen LogP contribution in [0, 0.1) is 0 Å². The fourth-order valence-corrected chi connectivity index (χ4v) is 8.78. The minimum atomic E-state index is -3.64. The number of esters is 1. The summed E-state index contributed by atoms with van der Waals surface area (Å²) in [6.07, 6.45) is -16.3. The minimum absolute atomic E-state index is 0.0682. The monoisotopic (exact) mass is 918 g/mol. The van der Waals surface area contributed by atoms with Gasteiger partial charge in [0.2, 0.25) is 23.5 Å². The maximum atomic E-state index is 14.2. The van der Waals surface area contributed by atoms with Gasteiger partial charge in [-0.2, -0.15) is 0 Å². The summed E-state index contributed by atoms with van der Waals surface area (Å²) >= 11 is 0. The molecule has 3 aromatic rings. The van der Waals surface area contributed by atoms with Gasteiger partial charge in [0.05, 0.1) is 6.17 Å². The Labute approximate surface area is 367 Å². The van der Waals surface area contributed by atoms with E-state index in [0.29, 0.717) is 12.0 Å². The van der Waals surface area contributed by atoms with Gasteiger partial charge in [-0.05, 0) is 49.0 Å². The van der Waals surface area contributed by atoms with Gasteiger partial charge in [-0.15, -0.1) is 0 Å². The molecule has 0 saturated carbocycles. The number of benzene rings is 2. The van der Waals surface area contributed by atoms with E-state index in [4.69, 9.17) is 29.1 Å². The topological polar surface area (TPSA) is 402 Å². The lowest BCUT2D eigenvalue weighted by atomic mass is 9.81. The van der Waals surface area contributed by atoms with E-state index in [-0.39, 0.29) is 52.0 Å². The Morgan fingerprint density at radius 2 is 1.66 bits per heavy atom. The molecule has 5 heterocycles. The Hall–Kier alpha value is -5.41. The summed E-state index contributed by atoms with van der Waals surface area (Å²) in [5.41, 5.74) is 6.41. The van der Waals surface area contributed by atoms with Gasteiger partial charge in [0.25, 0.3) is 0 Å². The van der Waals surface area contributed by atoms with E-state index >= 15 is 0 Å². The smallest absolute Gasteiger partial charge is 0.340 e. The molecule has 354 valence electrons. The predicted octanol–water partition coefficient (Wildman–Crippen LogP) is -2.45. The molecule has 0 bridgehead atoms. The fourth-order valence-electron chi connectivity index (χ4n) is 8.78. The molecule has 0 aliphatic carbocycles. The molecule has 2 saturated heterocycles. The first-order valence-corrected chi connectivity index (χ1v) is 20.5. The third-order valence-electron chi connectivity index (χ3n) is 12.3. The second-order valence-electron chi connectivity index (χ2n) is 16.4. The van der Waals surface area contributed by atoms with E-state index in [0.717, 1.165) is 23.8 Å². The Morgan fingerprint density at radius 3 is 2.32 bits per heavy atom. The van der Waals surface area contributed by atoms with E-state index in [2.05, 4.69) is 5.32 Å². The van der Waals surface area contributed by atoms with Crippen LogP contribution in [0.5, 0.6) is 23.0 Å². The number of phenolic OH excluding ortho intramolecular Hbond substituents is 3. The number of allylic oxidation sites excluding steroid dienone is 2. The number of dihydropyridines is 1. The highest BCUT2D eigenvalue weighted by Gasteiger charge is 2.66. The number of nitrogens with one attached hydrogen (secondary N) is 1. The molecular formula is C42H50N2O21. The molecule has 23 heteroatoms. The van der Waals surface area contributed by atoms with Crippen molar-refractivity contribution in [1.29, 1.82) is 0 Å². The Kier molecular flexibility index (Phi) is 13.0. The molecule has 4 aliphatic rings. The minimum Gasteiger partial charge on any atom is -0.507 e. The van der Waals surface area contributed by atoms with Crippen molar-refractivity contribution in [3.05, 3.63) is 69.0 Å². The molecule has 11 unspecified atom stereocenters. The Bertz CT molecular complexity index is 2470. The number of ether oxygens (including phenoxy) is 4. The van der Waals surface area contributed by atoms with Gasteiger partial charge in [-0.3, -0.25) is 4.79 Å². The van der Waals surface area contributed by atoms with Crippen molar-refractivity contribution in [1.82, 2.24) is 5.32 Å². The zero-order chi connectivity index (χ0) is 47.5. The molecule has 65 heavy (non-hydrogen) atoms. The average Bonchev–Trinajstić information content (AvgIpc) is 3.42. The van der Waals surface area contributed by atoms with E-state index < -0.39 is 139 Å². The number of hydrogen-bond acceptors (Lipinski definition) is 22. The third-order valence-corrected chi connectivity index (χ3v) is 12.3. The van der Waals surface area contributed by atoms with Crippen molar-refractivity contribution in [2.45, 2.75) is 118 Å². The molecule has 1 spiro atoms. The summed E-state index contributed by atoms with van der Waals surface area (Å²) in [5, 5.41) is 141. The SMILES string of the molecule is CCC1=CC(C2CCC3(Oc4cc5oc(-c6cc(O)c(O)c(CCO)c6)cc(=O)c5c(O)c42)OC(C(=O)OC2(CCCO)OC(C(=O)O)C(O)(O)C(O)C2O)C(O)C(O)C3O)=CNC1N. The number of carboxylic acid groups (broad SMARTS) is 1. The van der Waals surface area contributed by atoms with Crippen LogP contribution in [-0.4, -0.2) is 158 Å². The van der Waals surface area contributed by atoms with Crippen LogP contribution in [0.25, 0.3) is 22.3 Å². The number of aromatic hydroxyl groups is 3. The second kappa shape index (κ2) is 17.8. The van der Waals surface area contributed by atoms with Gasteiger partial charge in [0.1, 0.15) is 52.6 Å². The summed E-state index contributed by atoms with van der Waals surface area (Å²) in [4.78, 5) is 40.1. The first kappa shape index (κ1) is 47.5. The number of aliphatic hydroxyl groups excluding tert-OH is 7. The quantitative estimate of drug-likeness (QED) is 0.0539. The van der Waals surface area contributed by atoms with Gasteiger partial charge >= 0.3 is 11.9 Å². The van der Waals surface area contributed by atoms with E-state index in [1.165, 1.54) is 6.07 Å². The average molecular weight is 919 g/mol. The number of hydrogen-bond donors (Lipinski definition) is 15. The summed E-state index contributed by atoms with van der Waals surface area (Å²) < 4.78 is 29.2. The second-order valence-corrected chi connectivity index (χ2v) is 16.4. The number of nitrogens with two attached hydrogens (primary N) is 1. The molecular weight excluding hydrogens is 868 g/mol. The molecule has 0 radical (unpaired) electrons. The van der Waals surface area contributed by atoms with Crippen molar-refractivity contribution >= 4 is 22.9 Å². The number of phenols is 3. The van der Waals surface area contributed by atoms with E-state index in [1.807, 2.05) is 6.92 Å². The largest absolute Gasteiger partial charge is 0.507 e. The highest BCUT2D eigenvalue weighted by atomic mass is 16.8.